The minimum Gasteiger partial charge on any atom is -0.454 e. The number of amides is 3. The number of urea groups is 1. The van der Waals surface area contributed by atoms with Gasteiger partial charge in [0.05, 0.1) is 5.69 Å². The fourth-order valence-electron chi connectivity index (χ4n) is 3.17. The number of imide groups is 1. The molecular formula is C22H16F2N2O3. The lowest BCUT2D eigenvalue weighted by molar-refractivity contribution is -0.121. The Labute approximate surface area is 165 Å². The van der Waals surface area contributed by atoms with Crippen molar-refractivity contribution < 1.29 is 23.1 Å². The van der Waals surface area contributed by atoms with Crippen LogP contribution in [0, 0.1) is 11.6 Å². The van der Waals surface area contributed by atoms with Crippen LogP contribution in [0.3, 0.4) is 0 Å². The van der Waals surface area contributed by atoms with E-state index in [2.05, 4.69) is 5.32 Å². The van der Waals surface area contributed by atoms with Gasteiger partial charge in [0.15, 0.2) is 11.6 Å². The van der Waals surface area contributed by atoms with Gasteiger partial charge in [-0.3, -0.25) is 4.79 Å². The average Bonchev–Trinajstić information content (AvgIpc) is 2.94. The minimum absolute atomic E-state index is 0.0686. The number of anilines is 1. The van der Waals surface area contributed by atoms with Gasteiger partial charge in [0, 0.05) is 0 Å². The Balaban J connectivity index is 1.58. The van der Waals surface area contributed by atoms with Gasteiger partial charge in [-0.05, 0) is 61.0 Å². The molecule has 3 aromatic rings. The standard InChI is InChI=1S/C22H16F2N2O3/c1-22(14-6-8-15(23)9-7-14)20(27)26(21(28)25-22)16-10-12-17(13-11-16)29-19-5-3-2-4-18(19)24/h2-13H,1H3,(H,25,28). The summed E-state index contributed by atoms with van der Waals surface area (Å²) in [5.74, 6) is -1.000. The highest BCUT2D eigenvalue weighted by molar-refractivity contribution is 6.23. The number of nitrogens with zero attached hydrogens (tertiary/aromatic N) is 1. The molecule has 1 saturated heterocycles. The minimum atomic E-state index is -1.31. The first-order valence-corrected chi connectivity index (χ1v) is 8.84. The van der Waals surface area contributed by atoms with Crippen molar-refractivity contribution in [1.29, 1.82) is 0 Å². The molecule has 1 fully saturated rings. The Hall–Kier alpha value is -3.74. The highest BCUT2D eigenvalue weighted by Crippen LogP contribution is 2.33. The van der Waals surface area contributed by atoms with Crippen LogP contribution in [0.4, 0.5) is 19.3 Å². The molecule has 1 unspecified atom stereocenters. The van der Waals surface area contributed by atoms with Crippen LogP contribution in [0.2, 0.25) is 0 Å². The van der Waals surface area contributed by atoms with Crippen LogP contribution in [-0.4, -0.2) is 11.9 Å². The van der Waals surface area contributed by atoms with Crippen LogP contribution in [-0.2, 0) is 10.3 Å². The molecule has 1 aliphatic heterocycles. The summed E-state index contributed by atoms with van der Waals surface area (Å²) in [6.07, 6.45) is 0. The third kappa shape index (κ3) is 3.31. The van der Waals surface area contributed by atoms with E-state index >= 15 is 0 Å². The van der Waals surface area contributed by atoms with Gasteiger partial charge in [0.25, 0.3) is 5.91 Å². The van der Waals surface area contributed by atoms with E-state index in [-0.39, 0.29) is 5.75 Å². The van der Waals surface area contributed by atoms with Crippen LogP contribution < -0.4 is 15.0 Å². The number of hydrogen-bond acceptors (Lipinski definition) is 3. The Bertz CT molecular complexity index is 1080. The summed E-state index contributed by atoms with van der Waals surface area (Å²) in [6.45, 7) is 1.57. The Kier molecular flexibility index (Phi) is 4.50. The number of nitrogens with one attached hydrogen (secondary N) is 1. The van der Waals surface area contributed by atoms with E-state index in [0.717, 1.165) is 4.90 Å². The van der Waals surface area contributed by atoms with Crippen molar-refractivity contribution in [3.63, 3.8) is 0 Å². The molecule has 1 atom stereocenters. The fraction of sp³-hybridized carbons (Fsp3) is 0.0909. The predicted octanol–water partition coefficient (Wildman–Crippen LogP) is 4.73. The van der Waals surface area contributed by atoms with Crippen molar-refractivity contribution in [3.8, 4) is 11.5 Å². The van der Waals surface area contributed by atoms with Crippen molar-refractivity contribution >= 4 is 17.6 Å². The average molecular weight is 394 g/mol. The fourth-order valence-corrected chi connectivity index (χ4v) is 3.17. The molecule has 0 bridgehead atoms. The molecule has 0 radical (unpaired) electrons. The van der Waals surface area contributed by atoms with Crippen molar-refractivity contribution in [2.45, 2.75) is 12.5 Å². The number of halogens is 2. The molecular weight excluding hydrogens is 378 g/mol. The summed E-state index contributed by atoms with van der Waals surface area (Å²) >= 11 is 0. The number of carbonyl (C=O) groups excluding carboxylic acids is 2. The number of rotatable bonds is 4. The van der Waals surface area contributed by atoms with Gasteiger partial charge in [0.1, 0.15) is 17.1 Å². The first kappa shape index (κ1) is 18.6. The van der Waals surface area contributed by atoms with E-state index in [9.17, 15) is 18.4 Å². The van der Waals surface area contributed by atoms with Crippen molar-refractivity contribution in [2.24, 2.45) is 0 Å². The van der Waals surface area contributed by atoms with Crippen LogP contribution in [0.15, 0.2) is 72.8 Å². The third-order valence-electron chi connectivity index (χ3n) is 4.77. The number of para-hydroxylation sites is 1. The quantitative estimate of drug-likeness (QED) is 0.651. The Morgan fingerprint density at radius 1 is 0.897 bits per heavy atom. The number of ether oxygens (including phenoxy) is 1. The molecule has 0 aliphatic carbocycles. The summed E-state index contributed by atoms with van der Waals surface area (Å²) in [5.41, 5.74) is -0.508. The summed E-state index contributed by atoms with van der Waals surface area (Å²) in [5, 5.41) is 2.66. The van der Waals surface area contributed by atoms with Crippen LogP contribution in [0.5, 0.6) is 11.5 Å². The SMILES string of the molecule is CC1(c2ccc(F)cc2)NC(=O)N(c2ccc(Oc3ccccc3F)cc2)C1=O. The molecule has 4 rings (SSSR count). The molecule has 3 amide bonds. The zero-order valence-corrected chi connectivity index (χ0v) is 15.4. The van der Waals surface area contributed by atoms with Gasteiger partial charge in [-0.2, -0.15) is 0 Å². The van der Waals surface area contributed by atoms with E-state index in [1.165, 1.54) is 60.7 Å². The third-order valence-corrected chi connectivity index (χ3v) is 4.77. The number of hydrogen-bond donors (Lipinski definition) is 1. The lowest BCUT2D eigenvalue weighted by Gasteiger charge is -2.22. The monoisotopic (exact) mass is 394 g/mol. The van der Waals surface area contributed by atoms with Gasteiger partial charge in [0.2, 0.25) is 0 Å². The van der Waals surface area contributed by atoms with Gasteiger partial charge >= 0.3 is 6.03 Å². The highest BCUT2D eigenvalue weighted by atomic mass is 19.1. The second-order valence-electron chi connectivity index (χ2n) is 6.73. The van der Waals surface area contributed by atoms with E-state index in [1.807, 2.05) is 0 Å². The number of benzene rings is 3. The van der Waals surface area contributed by atoms with Crippen LogP contribution in [0.25, 0.3) is 0 Å². The van der Waals surface area contributed by atoms with E-state index < -0.39 is 29.1 Å². The summed E-state index contributed by atoms with van der Waals surface area (Å²) < 4.78 is 32.4. The molecule has 0 aromatic heterocycles. The zero-order chi connectivity index (χ0) is 20.6. The lowest BCUT2D eigenvalue weighted by Crippen LogP contribution is -2.40. The smallest absolute Gasteiger partial charge is 0.329 e. The lowest BCUT2D eigenvalue weighted by atomic mass is 9.92. The number of carbonyl (C=O) groups is 2. The van der Waals surface area contributed by atoms with Crippen molar-refractivity contribution in [3.05, 3.63) is 90.0 Å². The maximum absolute atomic E-state index is 13.7. The summed E-state index contributed by atoms with van der Waals surface area (Å²) in [7, 11) is 0. The first-order valence-electron chi connectivity index (χ1n) is 8.84. The second-order valence-corrected chi connectivity index (χ2v) is 6.73. The van der Waals surface area contributed by atoms with Gasteiger partial charge in [-0.15, -0.1) is 0 Å². The first-order chi connectivity index (χ1) is 13.9. The molecule has 0 saturated carbocycles. The molecule has 1 aliphatic rings. The van der Waals surface area contributed by atoms with Crippen molar-refractivity contribution in [1.82, 2.24) is 5.32 Å². The van der Waals surface area contributed by atoms with Crippen LogP contribution >= 0.6 is 0 Å². The normalized spacial score (nSPS) is 18.7. The maximum Gasteiger partial charge on any atom is 0.329 e. The predicted molar refractivity (Wildman–Crippen MR) is 103 cm³/mol. The Morgan fingerprint density at radius 2 is 1.55 bits per heavy atom. The Morgan fingerprint density at radius 3 is 2.21 bits per heavy atom. The molecule has 5 nitrogen and oxygen atoms in total. The van der Waals surface area contributed by atoms with Crippen LogP contribution in [0.1, 0.15) is 12.5 Å². The topological polar surface area (TPSA) is 58.6 Å². The highest BCUT2D eigenvalue weighted by Gasteiger charge is 2.49. The van der Waals surface area contributed by atoms with Gasteiger partial charge in [-0.25, -0.2) is 18.5 Å². The van der Waals surface area contributed by atoms with E-state index in [4.69, 9.17) is 4.74 Å². The molecule has 7 heteroatoms. The largest absolute Gasteiger partial charge is 0.454 e. The molecule has 146 valence electrons. The summed E-state index contributed by atoms with van der Waals surface area (Å²) in [4.78, 5) is 26.5. The second kappa shape index (κ2) is 7.01. The zero-order valence-electron chi connectivity index (χ0n) is 15.4. The van der Waals surface area contributed by atoms with Crippen molar-refractivity contribution in [2.75, 3.05) is 4.90 Å². The maximum atomic E-state index is 13.7. The molecule has 1 N–H and O–H groups in total. The molecule has 3 aromatic carbocycles. The van der Waals surface area contributed by atoms with E-state index in [1.54, 1.807) is 19.1 Å². The molecule has 29 heavy (non-hydrogen) atoms. The van der Waals surface area contributed by atoms with E-state index in [0.29, 0.717) is 17.0 Å². The van der Waals surface area contributed by atoms with Gasteiger partial charge in [-0.1, -0.05) is 24.3 Å². The van der Waals surface area contributed by atoms with Gasteiger partial charge < -0.3 is 10.1 Å². The summed E-state index contributed by atoms with van der Waals surface area (Å²) in [6, 6.07) is 16.9. The molecule has 0 spiro atoms. The molecule has 1 heterocycles.